The fraction of sp³-hybridized carbons (Fsp3) is 0.100. The second-order valence-electron chi connectivity index (χ2n) is 6.19. The van der Waals surface area contributed by atoms with E-state index in [1.807, 2.05) is 0 Å². The van der Waals surface area contributed by atoms with Gasteiger partial charge in [-0.3, -0.25) is 9.59 Å². The molecule has 2 aromatic carbocycles. The van der Waals surface area contributed by atoms with Crippen molar-refractivity contribution in [1.29, 1.82) is 0 Å². The average Bonchev–Trinajstić information content (AvgIpc) is 3.15. The molecular weight excluding hydrogens is 446 g/mol. The monoisotopic (exact) mass is 458 g/mol. The Hall–Kier alpha value is -3.34. The zero-order chi connectivity index (χ0) is 22.8. The van der Waals surface area contributed by atoms with Gasteiger partial charge in [-0.1, -0.05) is 18.2 Å². The first kappa shape index (κ1) is 22.3. The summed E-state index contributed by atoms with van der Waals surface area (Å²) in [7, 11) is 0. The molecule has 0 spiro atoms. The highest BCUT2D eigenvalue weighted by atomic mass is 32.1. The van der Waals surface area contributed by atoms with Crippen molar-refractivity contribution in [3.8, 4) is 0 Å². The molecule has 0 fully saturated rings. The predicted molar refractivity (Wildman–Crippen MR) is 103 cm³/mol. The van der Waals surface area contributed by atoms with Crippen molar-refractivity contribution < 1.29 is 35.9 Å². The molecule has 0 unspecified atom stereocenters. The van der Waals surface area contributed by atoms with Crippen LogP contribution in [0.2, 0.25) is 0 Å². The highest BCUT2D eigenvalue weighted by Gasteiger charge is 2.34. The van der Waals surface area contributed by atoms with E-state index in [0.717, 1.165) is 41.7 Å². The minimum absolute atomic E-state index is 0.0237. The topological polar surface area (TPSA) is 58.2 Å². The molecule has 2 N–H and O–H groups in total. The van der Waals surface area contributed by atoms with Gasteiger partial charge in [0.25, 0.3) is 11.8 Å². The first-order valence-corrected chi connectivity index (χ1v) is 9.38. The standard InChI is InChI=1S/C20H12F6N2O2S/c21-19(22,23)12-5-3-4-11(10-12)16(29)28-18-13(8-9-31-18)17(30)27-15-7-2-1-6-14(15)20(24,25)26/h1-10H,(H,27,30)(H,28,29). The van der Waals surface area contributed by atoms with E-state index in [0.29, 0.717) is 6.07 Å². The van der Waals surface area contributed by atoms with Gasteiger partial charge in [-0.15, -0.1) is 11.3 Å². The molecule has 3 aromatic rings. The number of alkyl halides is 6. The van der Waals surface area contributed by atoms with Crippen LogP contribution in [0.1, 0.15) is 31.8 Å². The van der Waals surface area contributed by atoms with E-state index < -0.39 is 41.0 Å². The average molecular weight is 458 g/mol. The Balaban J connectivity index is 1.81. The summed E-state index contributed by atoms with van der Waals surface area (Å²) in [6.45, 7) is 0. The van der Waals surface area contributed by atoms with Gasteiger partial charge in [0.1, 0.15) is 5.00 Å². The van der Waals surface area contributed by atoms with Crippen LogP contribution in [0.5, 0.6) is 0 Å². The van der Waals surface area contributed by atoms with Crippen LogP contribution in [-0.4, -0.2) is 11.8 Å². The van der Waals surface area contributed by atoms with Crippen molar-refractivity contribution in [2.75, 3.05) is 10.6 Å². The molecule has 0 radical (unpaired) electrons. The number of carbonyl (C=O) groups excluding carboxylic acids is 2. The summed E-state index contributed by atoms with van der Waals surface area (Å²) in [5.41, 5.74) is -2.97. The summed E-state index contributed by atoms with van der Waals surface area (Å²) >= 11 is 0.894. The molecule has 0 aliphatic heterocycles. The zero-order valence-electron chi connectivity index (χ0n) is 15.3. The number of amides is 2. The number of para-hydroxylation sites is 1. The summed E-state index contributed by atoms with van der Waals surface area (Å²) < 4.78 is 77.8. The largest absolute Gasteiger partial charge is 0.418 e. The third-order valence-electron chi connectivity index (χ3n) is 4.07. The van der Waals surface area contributed by atoms with Crippen molar-refractivity contribution in [1.82, 2.24) is 0 Å². The lowest BCUT2D eigenvalue weighted by molar-refractivity contribution is -0.138. The van der Waals surface area contributed by atoms with Crippen LogP contribution in [0.25, 0.3) is 0 Å². The Morgan fingerprint density at radius 3 is 2.16 bits per heavy atom. The quantitative estimate of drug-likeness (QED) is 0.452. The molecule has 0 atom stereocenters. The molecule has 0 bridgehead atoms. The van der Waals surface area contributed by atoms with Crippen LogP contribution >= 0.6 is 11.3 Å². The summed E-state index contributed by atoms with van der Waals surface area (Å²) in [5.74, 6) is -1.82. The smallest absolute Gasteiger partial charge is 0.321 e. The maximum atomic E-state index is 13.1. The lowest BCUT2D eigenvalue weighted by atomic mass is 10.1. The fourth-order valence-electron chi connectivity index (χ4n) is 2.63. The van der Waals surface area contributed by atoms with Crippen LogP contribution in [-0.2, 0) is 12.4 Å². The predicted octanol–water partition coefficient (Wildman–Crippen LogP) is 6.29. The maximum absolute atomic E-state index is 13.1. The Labute approximate surface area is 175 Å². The van der Waals surface area contributed by atoms with Crippen LogP contribution in [0, 0.1) is 0 Å². The van der Waals surface area contributed by atoms with Crippen molar-refractivity contribution in [2.45, 2.75) is 12.4 Å². The second kappa shape index (κ2) is 8.42. The summed E-state index contributed by atoms with van der Waals surface area (Å²) in [4.78, 5) is 24.9. The summed E-state index contributed by atoms with van der Waals surface area (Å²) in [6.07, 6.45) is -9.34. The van der Waals surface area contributed by atoms with E-state index >= 15 is 0 Å². The number of hydrogen-bond acceptors (Lipinski definition) is 3. The van der Waals surface area contributed by atoms with Crippen molar-refractivity contribution in [2.24, 2.45) is 0 Å². The van der Waals surface area contributed by atoms with Gasteiger partial charge >= 0.3 is 12.4 Å². The number of thiophene rings is 1. The van der Waals surface area contributed by atoms with Gasteiger partial charge in [-0.05, 0) is 41.8 Å². The number of hydrogen-bond donors (Lipinski definition) is 2. The minimum atomic E-state index is -4.70. The molecule has 1 aromatic heterocycles. The number of anilines is 2. The van der Waals surface area contributed by atoms with Crippen LogP contribution in [0.3, 0.4) is 0 Å². The summed E-state index contributed by atoms with van der Waals surface area (Å²) in [5, 5.41) is 5.86. The van der Waals surface area contributed by atoms with E-state index in [2.05, 4.69) is 10.6 Å². The molecule has 2 amide bonds. The lowest BCUT2D eigenvalue weighted by Gasteiger charge is -2.14. The Bertz CT molecular complexity index is 1120. The summed E-state index contributed by atoms with van der Waals surface area (Å²) in [6, 6.07) is 9.33. The van der Waals surface area contributed by atoms with E-state index in [9.17, 15) is 35.9 Å². The molecule has 0 aliphatic rings. The number of halogens is 6. The molecule has 3 rings (SSSR count). The number of rotatable bonds is 4. The minimum Gasteiger partial charge on any atom is -0.321 e. The zero-order valence-corrected chi connectivity index (χ0v) is 16.1. The molecule has 0 saturated heterocycles. The SMILES string of the molecule is O=C(Nc1sccc1C(=O)Nc1ccccc1C(F)(F)F)c1cccc(C(F)(F)F)c1. The fourth-order valence-corrected chi connectivity index (χ4v) is 3.41. The third-order valence-corrected chi connectivity index (χ3v) is 4.90. The highest BCUT2D eigenvalue weighted by Crippen LogP contribution is 2.35. The van der Waals surface area contributed by atoms with Gasteiger partial charge in [-0.2, -0.15) is 26.3 Å². The lowest BCUT2D eigenvalue weighted by Crippen LogP contribution is -2.19. The van der Waals surface area contributed by atoms with Gasteiger partial charge in [-0.25, -0.2) is 0 Å². The van der Waals surface area contributed by atoms with Gasteiger partial charge in [0.15, 0.2) is 0 Å². The van der Waals surface area contributed by atoms with E-state index in [-0.39, 0.29) is 16.1 Å². The van der Waals surface area contributed by atoms with Crippen LogP contribution in [0.15, 0.2) is 60.0 Å². The molecule has 162 valence electrons. The van der Waals surface area contributed by atoms with Crippen molar-refractivity contribution in [3.63, 3.8) is 0 Å². The third kappa shape index (κ3) is 5.23. The molecule has 4 nitrogen and oxygen atoms in total. The van der Waals surface area contributed by atoms with Gasteiger partial charge < -0.3 is 10.6 Å². The van der Waals surface area contributed by atoms with E-state index in [1.54, 1.807) is 0 Å². The molecule has 31 heavy (non-hydrogen) atoms. The molecule has 0 saturated carbocycles. The normalized spacial score (nSPS) is 11.8. The van der Waals surface area contributed by atoms with Crippen molar-refractivity contribution in [3.05, 3.63) is 82.2 Å². The van der Waals surface area contributed by atoms with Crippen LogP contribution < -0.4 is 10.6 Å². The molecule has 0 aliphatic carbocycles. The van der Waals surface area contributed by atoms with Gasteiger partial charge in [0.05, 0.1) is 22.4 Å². The van der Waals surface area contributed by atoms with Gasteiger partial charge in [0, 0.05) is 5.56 Å². The highest BCUT2D eigenvalue weighted by molar-refractivity contribution is 7.14. The number of carbonyl (C=O) groups is 2. The molecular formula is C20H12F6N2O2S. The number of benzene rings is 2. The van der Waals surface area contributed by atoms with Crippen LogP contribution in [0.4, 0.5) is 37.0 Å². The molecule has 11 heteroatoms. The molecule has 1 heterocycles. The Morgan fingerprint density at radius 1 is 0.774 bits per heavy atom. The van der Waals surface area contributed by atoms with Crippen molar-refractivity contribution >= 4 is 33.8 Å². The first-order valence-electron chi connectivity index (χ1n) is 8.50. The van der Waals surface area contributed by atoms with E-state index in [4.69, 9.17) is 0 Å². The Morgan fingerprint density at radius 2 is 1.48 bits per heavy atom. The second-order valence-corrected chi connectivity index (χ2v) is 7.11. The Kier molecular flexibility index (Phi) is 6.07. The maximum Gasteiger partial charge on any atom is 0.418 e. The number of nitrogens with one attached hydrogen (secondary N) is 2. The van der Waals surface area contributed by atoms with Gasteiger partial charge in [0.2, 0.25) is 0 Å². The first-order chi connectivity index (χ1) is 14.5. The van der Waals surface area contributed by atoms with E-state index in [1.165, 1.54) is 23.6 Å².